The van der Waals surface area contributed by atoms with Crippen molar-refractivity contribution in [3.8, 4) is 0 Å². The largest absolute Gasteiger partial charge is 0.332 e. The summed E-state index contributed by atoms with van der Waals surface area (Å²) in [4.78, 5) is 29.9. The molecule has 0 saturated carbocycles. The molecule has 0 aliphatic rings. The van der Waals surface area contributed by atoms with E-state index in [0.717, 1.165) is 15.7 Å². The van der Waals surface area contributed by atoms with Gasteiger partial charge in [0.1, 0.15) is 0 Å². The Balaban J connectivity index is 1.77. The molecule has 0 amide bonds. The summed E-state index contributed by atoms with van der Waals surface area (Å²) in [5.74, 6) is 0.356. The number of nitrogens with one attached hydrogen (secondary N) is 1. The number of nitrogens with zero attached hydrogens (tertiary/aromatic N) is 5. The maximum absolute atomic E-state index is 12.9. The number of fused-ring (bicyclic) bond motifs is 1. The molecule has 0 fully saturated rings. The maximum Gasteiger partial charge on any atom is 0.332 e. The maximum atomic E-state index is 12.9. The van der Waals surface area contributed by atoms with Gasteiger partial charge in [-0.2, -0.15) is 10.1 Å². The van der Waals surface area contributed by atoms with E-state index in [1.807, 2.05) is 61.5 Å². The third-order valence-corrected chi connectivity index (χ3v) is 5.58. The lowest BCUT2D eigenvalue weighted by atomic mass is 10.1. The minimum absolute atomic E-state index is 0.290. The molecule has 0 aliphatic heterocycles. The van der Waals surface area contributed by atoms with E-state index in [-0.39, 0.29) is 5.65 Å². The zero-order valence-corrected chi connectivity index (χ0v) is 19.2. The van der Waals surface area contributed by atoms with E-state index in [9.17, 15) is 9.59 Å². The number of hydrazone groups is 1. The molecule has 33 heavy (non-hydrogen) atoms. The van der Waals surface area contributed by atoms with Crippen molar-refractivity contribution in [2.24, 2.45) is 19.2 Å². The van der Waals surface area contributed by atoms with Crippen LogP contribution in [0.25, 0.3) is 17.2 Å². The van der Waals surface area contributed by atoms with Crippen molar-refractivity contribution < 1.29 is 0 Å². The lowest BCUT2D eigenvalue weighted by molar-refractivity contribution is 0.703. The van der Waals surface area contributed by atoms with Crippen LogP contribution in [0.15, 0.2) is 75.4 Å². The third-order valence-electron chi connectivity index (χ3n) is 5.33. The van der Waals surface area contributed by atoms with Crippen molar-refractivity contribution in [3.63, 3.8) is 0 Å². The van der Waals surface area contributed by atoms with E-state index in [1.165, 1.54) is 11.6 Å². The Kier molecular flexibility index (Phi) is 6.28. The fourth-order valence-corrected chi connectivity index (χ4v) is 3.58. The number of halogens is 1. The number of aryl methyl sites for hydroxylation is 1. The van der Waals surface area contributed by atoms with Gasteiger partial charge in [0, 0.05) is 25.7 Å². The molecule has 0 bridgehead atoms. The van der Waals surface area contributed by atoms with Crippen LogP contribution in [0.4, 0.5) is 5.95 Å². The van der Waals surface area contributed by atoms with E-state index < -0.39 is 11.2 Å². The predicted molar refractivity (Wildman–Crippen MR) is 133 cm³/mol. The summed E-state index contributed by atoms with van der Waals surface area (Å²) in [6, 6.07) is 17.2. The molecule has 1 N–H and O–H groups in total. The van der Waals surface area contributed by atoms with Crippen molar-refractivity contribution in [1.29, 1.82) is 0 Å². The minimum atomic E-state index is -0.440. The first kappa shape index (κ1) is 22.3. The fourth-order valence-electron chi connectivity index (χ4n) is 3.46. The van der Waals surface area contributed by atoms with Crippen LogP contribution < -0.4 is 16.7 Å². The number of benzene rings is 2. The van der Waals surface area contributed by atoms with Crippen molar-refractivity contribution in [2.45, 2.75) is 13.5 Å². The van der Waals surface area contributed by atoms with Crippen LogP contribution in [-0.4, -0.2) is 24.4 Å². The summed E-state index contributed by atoms with van der Waals surface area (Å²) in [6.07, 6.45) is 3.90. The molecule has 2 aromatic carbocycles. The zero-order valence-electron chi connectivity index (χ0n) is 18.5. The monoisotopic (exact) mass is 462 g/mol. The van der Waals surface area contributed by atoms with Gasteiger partial charge in [0.15, 0.2) is 11.2 Å². The molecule has 9 heteroatoms. The highest BCUT2D eigenvalue weighted by Gasteiger charge is 2.18. The van der Waals surface area contributed by atoms with Crippen LogP contribution in [0, 0.1) is 0 Å². The average molecular weight is 463 g/mol. The fraction of sp³-hybridized carbons (Fsp3) is 0.167. The van der Waals surface area contributed by atoms with Gasteiger partial charge in [0.2, 0.25) is 5.95 Å². The van der Waals surface area contributed by atoms with Gasteiger partial charge in [-0.15, -0.1) is 0 Å². The molecule has 8 nitrogen and oxygen atoms in total. The predicted octanol–water partition coefficient (Wildman–Crippen LogP) is 3.64. The van der Waals surface area contributed by atoms with Gasteiger partial charge in [0.05, 0.1) is 5.71 Å². The van der Waals surface area contributed by atoms with Gasteiger partial charge in [-0.25, -0.2) is 10.2 Å². The van der Waals surface area contributed by atoms with Crippen LogP contribution in [0.5, 0.6) is 0 Å². The van der Waals surface area contributed by atoms with Crippen molar-refractivity contribution >= 4 is 40.5 Å². The highest BCUT2D eigenvalue weighted by atomic mass is 35.5. The van der Waals surface area contributed by atoms with Crippen LogP contribution >= 0.6 is 11.6 Å². The lowest BCUT2D eigenvalue weighted by Crippen LogP contribution is -2.37. The Labute approximate surface area is 195 Å². The Morgan fingerprint density at radius 2 is 1.76 bits per heavy atom. The van der Waals surface area contributed by atoms with Crippen molar-refractivity contribution in [3.05, 3.63) is 97.7 Å². The minimum Gasteiger partial charge on any atom is -0.299 e. The van der Waals surface area contributed by atoms with Gasteiger partial charge in [-0.3, -0.25) is 18.5 Å². The second-order valence-electron chi connectivity index (χ2n) is 7.55. The summed E-state index contributed by atoms with van der Waals surface area (Å²) >= 11 is 5.97. The Morgan fingerprint density at radius 3 is 2.45 bits per heavy atom. The Morgan fingerprint density at radius 1 is 1.06 bits per heavy atom. The van der Waals surface area contributed by atoms with E-state index in [1.54, 1.807) is 23.7 Å². The number of rotatable bonds is 6. The van der Waals surface area contributed by atoms with Gasteiger partial charge < -0.3 is 0 Å². The molecule has 2 aromatic heterocycles. The van der Waals surface area contributed by atoms with Gasteiger partial charge in [0.25, 0.3) is 5.56 Å². The lowest BCUT2D eigenvalue weighted by Gasteiger charge is -2.07. The summed E-state index contributed by atoms with van der Waals surface area (Å²) in [5, 5.41) is 5.08. The molecule has 0 aliphatic carbocycles. The molecule has 4 aromatic rings. The van der Waals surface area contributed by atoms with Crippen LogP contribution in [0.3, 0.4) is 0 Å². The standard InChI is InChI=1S/C24H23ClN6O2/c1-16(18-11-13-19(25)14-12-18)27-28-23-26-21-20(22(32)30(3)24(33)29(21)2)31(23)15-7-10-17-8-5-4-6-9-17/h4-14H,15H2,1-3H3,(H,26,28)/b10-7+,27-16-. The van der Waals surface area contributed by atoms with E-state index >= 15 is 0 Å². The number of hydrogen-bond donors (Lipinski definition) is 1. The number of imidazole rings is 1. The first-order valence-corrected chi connectivity index (χ1v) is 10.7. The van der Waals surface area contributed by atoms with Crippen molar-refractivity contribution in [1.82, 2.24) is 18.7 Å². The summed E-state index contributed by atoms with van der Waals surface area (Å²) in [6.45, 7) is 2.21. The molecule has 0 unspecified atom stereocenters. The van der Waals surface area contributed by atoms with E-state index in [0.29, 0.717) is 28.7 Å². The average Bonchev–Trinajstić information content (AvgIpc) is 3.19. The normalized spacial score (nSPS) is 12.1. The first-order valence-electron chi connectivity index (χ1n) is 10.3. The second-order valence-corrected chi connectivity index (χ2v) is 7.99. The smallest absolute Gasteiger partial charge is 0.299 e. The Bertz CT molecular complexity index is 1480. The van der Waals surface area contributed by atoms with E-state index in [4.69, 9.17) is 11.6 Å². The van der Waals surface area contributed by atoms with Crippen LogP contribution in [0.1, 0.15) is 18.1 Å². The van der Waals surface area contributed by atoms with Crippen LogP contribution in [0.2, 0.25) is 5.02 Å². The molecule has 0 atom stereocenters. The number of hydrogen-bond acceptors (Lipinski definition) is 5. The van der Waals surface area contributed by atoms with Gasteiger partial charge in [-0.1, -0.05) is 66.2 Å². The molecular weight excluding hydrogens is 440 g/mol. The third kappa shape index (κ3) is 4.51. The second kappa shape index (κ2) is 9.30. The summed E-state index contributed by atoms with van der Waals surface area (Å²) in [7, 11) is 3.05. The van der Waals surface area contributed by atoms with E-state index in [2.05, 4.69) is 15.5 Å². The molecular formula is C24H23ClN6O2. The highest BCUT2D eigenvalue weighted by Crippen LogP contribution is 2.17. The number of aromatic nitrogens is 4. The van der Waals surface area contributed by atoms with Crippen molar-refractivity contribution in [2.75, 3.05) is 5.43 Å². The van der Waals surface area contributed by atoms with Gasteiger partial charge in [-0.05, 0) is 30.2 Å². The molecule has 0 saturated heterocycles. The summed E-state index contributed by atoms with van der Waals surface area (Å²) in [5.41, 5.74) is 5.36. The number of anilines is 1. The molecule has 4 rings (SSSR count). The Hall–Kier alpha value is -3.91. The molecule has 2 heterocycles. The topological polar surface area (TPSA) is 86.2 Å². The van der Waals surface area contributed by atoms with Crippen LogP contribution in [-0.2, 0) is 20.6 Å². The highest BCUT2D eigenvalue weighted by molar-refractivity contribution is 6.30. The SMILES string of the molecule is C/C(=N/Nc1nc2c(c(=O)n(C)c(=O)n2C)n1C/C=C/c1ccccc1)c1ccc(Cl)cc1. The molecule has 0 spiro atoms. The molecule has 168 valence electrons. The summed E-state index contributed by atoms with van der Waals surface area (Å²) < 4.78 is 4.15. The quantitative estimate of drug-likeness (QED) is 0.350. The van der Waals surface area contributed by atoms with Gasteiger partial charge >= 0.3 is 5.69 Å². The zero-order chi connectivity index (χ0) is 23.5. The number of allylic oxidation sites excluding steroid dienone is 1. The molecule has 0 radical (unpaired) electrons. The first-order chi connectivity index (χ1) is 15.9.